The molecule has 0 bridgehead atoms. The summed E-state index contributed by atoms with van der Waals surface area (Å²) in [6, 6.07) is 1.79. The van der Waals surface area contributed by atoms with Crippen LogP contribution in [0.5, 0.6) is 0 Å². The molecule has 1 heterocycles. The number of hydrogen-bond acceptors (Lipinski definition) is 4. The molecule has 1 aromatic heterocycles. The highest BCUT2D eigenvalue weighted by Crippen LogP contribution is 2.22. The Labute approximate surface area is 88.6 Å². The molecular weight excluding hydrogens is 200 g/mol. The number of anilines is 1. The summed E-state index contributed by atoms with van der Waals surface area (Å²) in [6.45, 7) is 0. The van der Waals surface area contributed by atoms with E-state index in [9.17, 15) is 0 Å². The molecule has 5 N–H and O–H groups in total. The van der Waals surface area contributed by atoms with Crippen LogP contribution in [0, 0.1) is 0 Å². The lowest BCUT2D eigenvalue weighted by molar-refractivity contribution is 0.511. The van der Waals surface area contributed by atoms with Crippen molar-refractivity contribution in [2.75, 3.05) is 11.6 Å². The number of rotatable bonds is 5. The van der Waals surface area contributed by atoms with Crippen LogP contribution >= 0.6 is 11.6 Å². The van der Waals surface area contributed by atoms with Crippen LogP contribution in [0.15, 0.2) is 18.5 Å². The van der Waals surface area contributed by atoms with Crippen molar-refractivity contribution in [1.82, 2.24) is 10.4 Å². The normalized spacial score (nSPS) is 12.7. The second-order valence-corrected chi connectivity index (χ2v) is 3.43. The number of nitrogen functional groups attached to an aromatic ring is 1. The van der Waals surface area contributed by atoms with E-state index in [-0.39, 0.29) is 6.04 Å². The predicted octanol–water partition coefficient (Wildman–Crippen LogP) is 1.19. The first kappa shape index (κ1) is 11.2. The van der Waals surface area contributed by atoms with Gasteiger partial charge in [0.15, 0.2) is 0 Å². The zero-order chi connectivity index (χ0) is 10.4. The summed E-state index contributed by atoms with van der Waals surface area (Å²) in [5, 5.41) is 0. The van der Waals surface area contributed by atoms with E-state index >= 15 is 0 Å². The summed E-state index contributed by atoms with van der Waals surface area (Å²) in [5.74, 6) is 6.06. The first-order valence-corrected chi connectivity index (χ1v) is 5.04. The Kier molecular flexibility index (Phi) is 4.65. The summed E-state index contributed by atoms with van der Waals surface area (Å²) in [5.41, 5.74) is 10.2. The highest BCUT2D eigenvalue weighted by Gasteiger charge is 2.11. The average Bonchev–Trinajstić information content (AvgIpc) is 2.21. The maximum Gasteiger partial charge on any atom is 0.0496 e. The number of nitrogens with zero attached hydrogens (tertiary/aromatic N) is 1. The summed E-state index contributed by atoms with van der Waals surface area (Å²) in [7, 11) is 0. The van der Waals surface area contributed by atoms with Gasteiger partial charge in [-0.05, 0) is 18.9 Å². The average molecular weight is 215 g/mol. The van der Waals surface area contributed by atoms with Crippen molar-refractivity contribution in [2.24, 2.45) is 5.84 Å². The minimum atomic E-state index is 0.0300. The number of alkyl halides is 1. The third-order valence-electron chi connectivity index (χ3n) is 2.09. The van der Waals surface area contributed by atoms with Crippen molar-refractivity contribution < 1.29 is 0 Å². The molecule has 0 saturated carbocycles. The largest absolute Gasteiger partial charge is 0.398 e. The van der Waals surface area contributed by atoms with Gasteiger partial charge in [-0.2, -0.15) is 0 Å². The first-order chi connectivity index (χ1) is 6.79. The Morgan fingerprint density at radius 1 is 1.57 bits per heavy atom. The number of pyridine rings is 1. The second kappa shape index (κ2) is 5.80. The number of aromatic nitrogens is 1. The topological polar surface area (TPSA) is 77.0 Å². The Balaban J connectivity index is 2.73. The van der Waals surface area contributed by atoms with Gasteiger partial charge in [0.25, 0.3) is 0 Å². The van der Waals surface area contributed by atoms with E-state index in [0.29, 0.717) is 11.6 Å². The van der Waals surface area contributed by atoms with E-state index in [1.54, 1.807) is 18.5 Å². The number of nitrogens with two attached hydrogens (primary N) is 2. The van der Waals surface area contributed by atoms with Gasteiger partial charge in [-0.25, -0.2) is 0 Å². The molecule has 0 aliphatic rings. The van der Waals surface area contributed by atoms with E-state index < -0.39 is 0 Å². The molecule has 1 unspecified atom stereocenters. The van der Waals surface area contributed by atoms with Gasteiger partial charge in [-0.1, -0.05) is 0 Å². The van der Waals surface area contributed by atoms with Gasteiger partial charge in [-0.3, -0.25) is 16.3 Å². The fourth-order valence-corrected chi connectivity index (χ4v) is 1.47. The summed E-state index contributed by atoms with van der Waals surface area (Å²) in [4.78, 5) is 4.01. The summed E-state index contributed by atoms with van der Waals surface area (Å²) in [6.07, 6.45) is 5.14. The van der Waals surface area contributed by atoms with E-state index in [0.717, 1.165) is 18.4 Å². The van der Waals surface area contributed by atoms with Crippen LogP contribution < -0.4 is 17.0 Å². The fourth-order valence-electron chi connectivity index (χ4n) is 1.32. The van der Waals surface area contributed by atoms with Crippen LogP contribution in [-0.4, -0.2) is 10.9 Å². The van der Waals surface area contributed by atoms with Gasteiger partial charge >= 0.3 is 0 Å². The number of hydrazine groups is 1. The van der Waals surface area contributed by atoms with E-state index in [1.165, 1.54) is 0 Å². The van der Waals surface area contributed by atoms with Crippen molar-refractivity contribution in [3.05, 3.63) is 24.0 Å². The predicted molar refractivity (Wildman–Crippen MR) is 58.7 cm³/mol. The molecule has 0 fully saturated rings. The molecule has 1 rings (SSSR count). The second-order valence-electron chi connectivity index (χ2n) is 3.06. The van der Waals surface area contributed by atoms with Gasteiger partial charge in [0.2, 0.25) is 0 Å². The lowest BCUT2D eigenvalue weighted by Crippen LogP contribution is -2.28. The van der Waals surface area contributed by atoms with Gasteiger partial charge in [0, 0.05) is 35.6 Å². The fraction of sp³-hybridized carbons (Fsp3) is 0.444. The maximum atomic E-state index is 5.80. The molecule has 14 heavy (non-hydrogen) atoms. The molecule has 0 saturated heterocycles. The molecule has 1 atom stereocenters. The molecule has 5 heteroatoms. The molecule has 1 aromatic rings. The lowest BCUT2D eigenvalue weighted by Gasteiger charge is -2.16. The standard InChI is InChI=1S/C9H15ClN4/c10-4-1-2-9(14-12)7-6-13-5-3-8(7)11/h3,5-6,9,14H,1-2,4,12H2,(H2,11,13). The third-order valence-corrected chi connectivity index (χ3v) is 2.36. The van der Waals surface area contributed by atoms with Gasteiger partial charge < -0.3 is 5.73 Å². The quantitative estimate of drug-likeness (QED) is 0.391. The molecule has 0 spiro atoms. The zero-order valence-corrected chi connectivity index (χ0v) is 8.67. The SMILES string of the molecule is NNC(CCCCl)c1cnccc1N. The zero-order valence-electron chi connectivity index (χ0n) is 7.91. The molecule has 4 nitrogen and oxygen atoms in total. The number of hydrogen-bond donors (Lipinski definition) is 3. The molecule has 0 radical (unpaired) electrons. The van der Waals surface area contributed by atoms with Crippen LogP contribution in [0.4, 0.5) is 5.69 Å². The van der Waals surface area contributed by atoms with Crippen LogP contribution in [0.3, 0.4) is 0 Å². The maximum absolute atomic E-state index is 5.80. The van der Waals surface area contributed by atoms with Crippen molar-refractivity contribution in [2.45, 2.75) is 18.9 Å². The van der Waals surface area contributed by atoms with Gasteiger partial charge in [-0.15, -0.1) is 11.6 Å². The minimum absolute atomic E-state index is 0.0300. The number of halogens is 1. The van der Waals surface area contributed by atoms with Crippen molar-refractivity contribution in [1.29, 1.82) is 0 Å². The molecule has 0 aliphatic carbocycles. The van der Waals surface area contributed by atoms with Crippen molar-refractivity contribution >= 4 is 17.3 Å². The van der Waals surface area contributed by atoms with E-state index in [2.05, 4.69) is 10.4 Å². The smallest absolute Gasteiger partial charge is 0.0496 e. The highest BCUT2D eigenvalue weighted by molar-refractivity contribution is 6.17. The molecule has 0 aliphatic heterocycles. The Bertz CT molecular complexity index is 279. The van der Waals surface area contributed by atoms with E-state index in [1.807, 2.05) is 0 Å². The molecule has 0 amide bonds. The Morgan fingerprint density at radius 3 is 2.93 bits per heavy atom. The lowest BCUT2D eigenvalue weighted by atomic mass is 10.0. The Hall–Kier alpha value is -0.840. The molecule has 0 aromatic carbocycles. The van der Waals surface area contributed by atoms with Crippen LogP contribution in [-0.2, 0) is 0 Å². The Morgan fingerprint density at radius 2 is 2.36 bits per heavy atom. The first-order valence-electron chi connectivity index (χ1n) is 4.51. The van der Waals surface area contributed by atoms with Gasteiger partial charge in [0.1, 0.15) is 0 Å². The third kappa shape index (κ3) is 2.83. The molecule has 78 valence electrons. The highest BCUT2D eigenvalue weighted by atomic mass is 35.5. The summed E-state index contributed by atoms with van der Waals surface area (Å²) >= 11 is 5.61. The van der Waals surface area contributed by atoms with Crippen LogP contribution in [0.2, 0.25) is 0 Å². The minimum Gasteiger partial charge on any atom is -0.398 e. The summed E-state index contributed by atoms with van der Waals surface area (Å²) < 4.78 is 0. The van der Waals surface area contributed by atoms with Crippen LogP contribution in [0.25, 0.3) is 0 Å². The van der Waals surface area contributed by atoms with Crippen LogP contribution in [0.1, 0.15) is 24.4 Å². The van der Waals surface area contributed by atoms with Crippen molar-refractivity contribution in [3.63, 3.8) is 0 Å². The monoisotopic (exact) mass is 214 g/mol. The number of nitrogens with one attached hydrogen (secondary N) is 1. The van der Waals surface area contributed by atoms with E-state index in [4.69, 9.17) is 23.2 Å². The molecular formula is C9H15ClN4. The van der Waals surface area contributed by atoms with Gasteiger partial charge in [0.05, 0.1) is 0 Å². The van der Waals surface area contributed by atoms with Crippen molar-refractivity contribution in [3.8, 4) is 0 Å².